The molecule has 0 aliphatic carbocycles. The van der Waals surface area contributed by atoms with E-state index in [0.29, 0.717) is 11.4 Å². The Morgan fingerprint density at radius 3 is 2.64 bits per heavy atom. The summed E-state index contributed by atoms with van der Waals surface area (Å²) < 4.78 is 0. The van der Waals surface area contributed by atoms with Crippen LogP contribution in [-0.2, 0) is 0 Å². The second kappa shape index (κ2) is 3.38. The molecule has 2 rings (SSSR count). The first-order chi connectivity index (χ1) is 6.77. The fourth-order valence-electron chi connectivity index (χ4n) is 1.35. The SMILES string of the molecule is Nc1ccc(N)c(-c2cccnc2)c1. The van der Waals surface area contributed by atoms with Gasteiger partial charge in [-0.15, -0.1) is 0 Å². The van der Waals surface area contributed by atoms with Crippen molar-refractivity contribution in [3.8, 4) is 11.1 Å². The van der Waals surface area contributed by atoms with Gasteiger partial charge < -0.3 is 11.5 Å². The Kier molecular flexibility index (Phi) is 2.07. The van der Waals surface area contributed by atoms with E-state index in [1.807, 2.05) is 18.2 Å². The first-order valence-electron chi connectivity index (χ1n) is 4.33. The molecule has 4 N–H and O–H groups in total. The molecule has 3 nitrogen and oxygen atoms in total. The summed E-state index contributed by atoms with van der Waals surface area (Å²) in [7, 11) is 0. The van der Waals surface area contributed by atoms with Crippen molar-refractivity contribution in [2.24, 2.45) is 0 Å². The van der Waals surface area contributed by atoms with Crippen LogP contribution in [0.25, 0.3) is 11.1 Å². The lowest BCUT2D eigenvalue weighted by Gasteiger charge is -2.05. The highest BCUT2D eigenvalue weighted by Crippen LogP contribution is 2.26. The Morgan fingerprint density at radius 2 is 1.93 bits per heavy atom. The van der Waals surface area contributed by atoms with E-state index in [9.17, 15) is 0 Å². The highest BCUT2D eigenvalue weighted by Gasteiger charge is 2.01. The first kappa shape index (κ1) is 8.56. The fraction of sp³-hybridized carbons (Fsp3) is 0. The summed E-state index contributed by atoms with van der Waals surface area (Å²) in [4.78, 5) is 4.04. The van der Waals surface area contributed by atoms with E-state index in [1.54, 1.807) is 24.5 Å². The van der Waals surface area contributed by atoms with E-state index in [4.69, 9.17) is 11.5 Å². The minimum absolute atomic E-state index is 0.707. The van der Waals surface area contributed by atoms with E-state index < -0.39 is 0 Å². The van der Waals surface area contributed by atoms with Crippen molar-refractivity contribution >= 4 is 11.4 Å². The summed E-state index contributed by atoms with van der Waals surface area (Å²) in [6, 6.07) is 9.27. The zero-order valence-electron chi connectivity index (χ0n) is 7.64. The lowest BCUT2D eigenvalue weighted by atomic mass is 10.1. The number of pyridine rings is 1. The molecule has 0 spiro atoms. The zero-order valence-corrected chi connectivity index (χ0v) is 7.64. The van der Waals surface area contributed by atoms with Gasteiger partial charge in [0.15, 0.2) is 0 Å². The maximum atomic E-state index is 5.84. The molecule has 0 atom stereocenters. The quantitative estimate of drug-likeness (QED) is 0.667. The van der Waals surface area contributed by atoms with Gasteiger partial charge in [0.2, 0.25) is 0 Å². The summed E-state index contributed by atoms with van der Waals surface area (Å²) in [5.41, 5.74) is 14.9. The summed E-state index contributed by atoms with van der Waals surface area (Å²) in [5, 5.41) is 0. The smallest absolute Gasteiger partial charge is 0.0395 e. The Labute approximate surface area is 82.4 Å². The fourth-order valence-corrected chi connectivity index (χ4v) is 1.35. The summed E-state index contributed by atoms with van der Waals surface area (Å²) in [5.74, 6) is 0. The molecule has 0 aliphatic rings. The van der Waals surface area contributed by atoms with Crippen molar-refractivity contribution < 1.29 is 0 Å². The summed E-state index contributed by atoms with van der Waals surface area (Å²) >= 11 is 0. The van der Waals surface area contributed by atoms with Crippen molar-refractivity contribution in [1.82, 2.24) is 4.98 Å². The predicted molar refractivity (Wildman–Crippen MR) is 58.5 cm³/mol. The van der Waals surface area contributed by atoms with Crippen LogP contribution in [0, 0.1) is 0 Å². The van der Waals surface area contributed by atoms with Crippen molar-refractivity contribution in [1.29, 1.82) is 0 Å². The highest BCUT2D eigenvalue weighted by molar-refractivity contribution is 5.78. The van der Waals surface area contributed by atoms with Crippen LogP contribution in [0.1, 0.15) is 0 Å². The standard InChI is InChI=1S/C11H11N3/c12-9-3-4-11(13)10(6-9)8-2-1-5-14-7-8/h1-7H,12-13H2. The molecular weight excluding hydrogens is 174 g/mol. The molecule has 0 saturated heterocycles. The molecule has 0 unspecified atom stereocenters. The van der Waals surface area contributed by atoms with Gasteiger partial charge in [0.25, 0.3) is 0 Å². The van der Waals surface area contributed by atoms with Gasteiger partial charge in [-0.05, 0) is 24.3 Å². The van der Waals surface area contributed by atoms with Crippen molar-refractivity contribution in [2.75, 3.05) is 11.5 Å². The van der Waals surface area contributed by atoms with Crippen LogP contribution >= 0.6 is 0 Å². The van der Waals surface area contributed by atoms with E-state index in [1.165, 1.54) is 0 Å². The van der Waals surface area contributed by atoms with Crippen molar-refractivity contribution in [3.05, 3.63) is 42.7 Å². The third-order valence-corrected chi connectivity index (χ3v) is 2.05. The third kappa shape index (κ3) is 1.52. The average molecular weight is 185 g/mol. The molecule has 1 aromatic heterocycles. The van der Waals surface area contributed by atoms with Gasteiger partial charge in [0.05, 0.1) is 0 Å². The predicted octanol–water partition coefficient (Wildman–Crippen LogP) is 1.91. The third-order valence-electron chi connectivity index (χ3n) is 2.05. The zero-order chi connectivity index (χ0) is 9.97. The van der Waals surface area contributed by atoms with Crippen molar-refractivity contribution in [2.45, 2.75) is 0 Å². The van der Waals surface area contributed by atoms with Crippen LogP contribution in [0.4, 0.5) is 11.4 Å². The maximum absolute atomic E-state index is 5.84. The molecule has 1 heterocycles. The van der Waals surface area contributed by atoms with Crippen molar-refractivity contribution in [3.63, 3.8) is 0 Å². The lowest BCUT2D eigenvalue weighted by molar-refractivity contribution is 1.33. The molecule has 0 aliphatic heterocycles. The number of rotatable bonds is 1. The minimum Gasteiger partial charge on any atom is -0.399 e. The topological polar surface area (TPSA) is 64.9 Å². The van der Waals surface area contributed by atoms with Crippen LogP contribution in [-0.4, -0.2) is 4.98 Å². The number of nitrogens with zero attached hydrogens (tertiary/aromatic N) is 1. The second-order valence-electron chi connectivity index (χ2n) is 3.09. The van der Waals surface area contributed by atoms with Crippen LogP contribution < -0.4 is 11.5 Å². The number of anilines is 2. The summed E-state index contributed by atoms with van der Waals surface area (Å²) in [6.07, 6.45) is 3.50. The van der Waals surface area contributed by atoms with Crippen LogP contribution in [0.2, 0.25) is 0 Å². The molecule has 0 fully saturated rings. The first-order valence-corrected chi connectivity index (χ1v) is 4.33. The molecule has 0 radical (unpaired) electrons. The second-order valence-corrected chi connectivity index (χ2v) is 3.09. The number of hydrogen-bond donors (Lipinski definition) is 2. The molecule has 0 bridgehead atoms. The van der Waals surface area contributed by atoms with E-state index >= 15 is 0 Å². The number of benzene rings is 1. The highest BCUT2D eigenvalue weighted by atomic mass is 14.6. The molecular formula is C11H11N3. The Bertz CT molecular complexity index is 438. The molecule has 1 aromatic carbocycles. The van der Waals surface area contributed by atoms with E-state index in [-0.39, 0.29) is 0 Å². The van der Waals surface area contributed by atoms with Crippen LogP contribution in [0.3, 0.4) is 0 Å². The van der Waals surface area contributed by atoms with Gasteiger partial charge in [0.1, 0.15) is 0 Å². The monoisotopic (exact) mass is 185 g/mol. The minimum atomic E-state index is 0.707. The van der Waals surface area contributed by atoms with Crippen LogP contribution in [0.15, 0.2) is 42.7 Å². The number of aromatic nitrogens is 1. The molecule has 2 aromatic rings. The van der Waals surface area contributed by atoms with Gasteiger partial charge in [-0.3, -0.25) is 4.98 Å². The number of nitrogen functional groups attached to an aromatic ring is 2. The molecule has 14 heavy (non-hydrogen) atoms. The lowest BCUT2D eigenvalue weighted by Crippen LogP contribution is -1.92. The van der Waals surface area contributed by atoms with Gasteiger partial charge in [-0.1, -0.05) is 6.07 Å². The van der Waals surface area contributed by atoms with E-state index in [0.717, 1.165) is 11.1 Å². The number of hydrogen-bond acceptors (Lipinski definition) is 3. The normalized spacial score (nSPS) is 10.0. The molecule has 0 amide bonds. The van der Waals surface area contributed by atoms with Gasteiger partial charge in [-0.25, -0.2) is 0 Å². The van der Waals surface area contributed by atoms with Crippen LogP contribution in [0.5, 0.6) is 0 Å². The summed E-state index contributed by atoms with van der Waals surface area (Å²) in [6.45, 7) is 0. The van der Waals surface area contributed by atoms with E-state index in [2.05, 4.69) is 4.98 Å². The number of nitrogens with two attached hydrogens (primary N) is 2. The maximum Gasteiger partial charge on any atom is 0.0395 e. The van der Waals surface area contributed by atoms with Gasteiger partial charge >= 0.3 is 0 Å². The Morgan fingerprint density at radius 1 is 1.07 bits per heavy atom. The molecule has 70 valence electrons. The Balaban J connectivity index is 2.57. The average Bonchev–Trinajstić information content (AvgIpc) is 2.23. The molecule has 3 heteroatoms. The van der Waals surface area contributed by atoms with Gasteiger partial charge in [0, 0.05) is 34.9 Å². The molecule has 0 saturated carbocycles. The largest absolute Gasteiger partial charge is 0.399 e. The Hall–Kier alpha value is -2.03. The van der Waals surface area contributed by atoms with Gasteiger partial charge in [-0.2, -0.15) is 0 Å².